The maximum absolute atomic E-state index is 9.83. The summed E-state index contributed by atoms with van der Waals surface area (Å²) in [5, 5.41) is 9.83. The molecule has 0 radical (unpaired) electrons. The van der Waals surface area contributed by atoms with Crippen molar-refractivity contribution in [3.63, 3.8) is 0 Å². The van der Waals surface area contributed by atoms with Crippen molar-refractivity contribution in [3.05, 3.63) is 84.2 Å². The second-order valence-electron chi connectivity index (χ2n) is 5.89. The van der Waals surface area contributed by atoms with Gasteiger partial charge in [-0.25, -0.2) is 4.98 Å². The van der Waals surface area contributed by atoms with E-state index in [2.05, 4.69) is 36.4 Å². The Bertz CT molecular complexity index is 986. The Morgan fingerprint density at radius 3 is 2.21 bits per heavy atom. The lowest BCUT2D eigenvalue weighted by atomic mass is 10.0. The molecule has 0 fully saturated rings. The first-order valence-electron chi connectivity index (χ1n) is 8.01. The van der Waals surface area contributed by atoms with Gasteiger partial charge in [0.1, 0.15) is 5.65 Å². The van der Waals surface area contributed by atoms with E-state index in [9.17, 15) is 5.11 Å². The van der Waals surface area contributed by atoms with Gasteiger partial charge in [0.2, 0.25) is 0 Å². The molecule has 0 unspecified atom stereocenters. The van der Waals surface area contributed by atoms with Gasteiger partial charge in [0, 0.05) is 11.8 Å². The fourth-order valence-corrected chi connectivity index (χ4v) is 3.09. The Labute approximate surface area is 140 Å². The van der Waals surface area contributed by atoms with Crippen LogP contribution in [0.25, 0.3) is 28.0 Å². The van der Waals surface area contributed by atoms with Crippen LogP contribution in [0.1, 0.15) is 11.3 Å². The van der Waals surface area contributed by atoms with Crippen molar-refractivity contribution in [1.29, 1.82) is 0 Å². The molecule has 0 amide bonds. The number of aliphatic hydroxyl groups excluding tert-OH is 1. The highest BCUT2D eigenvalue weighted by Crippen LogP contribution is 2.28. The summed E-state index contributed by atoms with van der Waals surface area (Å²) in [7, 11) is 0. The molecule has 3 heteroatoms. The number of pyridine rings is 1. The molecule has 0 aliphatic carbocycles. The van der Waals surface area contributed by atoms with Crippen LogP contribution in [-0.2, 0) is 6.61 Å². The average Bonchev–Trinajstić information content (AvgIpc) is 3.03. The molecular weight excluding hydrogens is 296 g/mol. The fraction of sp³-hybridized carbons (Fsp3) is 0.0952. The van der Waals surface area contributed by atoms with Crippen LogP contribution in [-0.4, -0.2) is 14.5 Å². The quantitative estimate of drug-likeness (QED) is 0.606. The number of aliphatic hydroxyl groups is 1. The Morgan fingerprint density at radius 1 is 0.833 bits per heavy atom. The highest BCUT2D eigenvalue weighted by atomic mass is 16.3. The summed E-state index contributed by atoms with van der Waals surface area (Å²) in [5.74, 6) is 0. The normalized spacial score (nSPS) is 11.1. The number of hydrogen-bond acceptors (Lipinski definition) is 2. The van der Waals surface area contributed by atoms with Crippen LogP contribution in [0.3, 0.4) is 0 Å². The summed E-state index contributed by atoms with van der Waals surface area (Å²) in [6.45, 7) is 1.99. The van der Waals surface area contributed by atoms with Gasteiger partial charge in [-0.15, -0.1) is 0 Å². The minimum absolute atomic E-state index is 0.0413. The largest absolute Gasteiger partial charge is 0.390 e. The molecule has 0 saturated heterocycles. The molecule has 0 atom stereocenters. The van der Waals surface area contributed by atoms with E-state index in [1.807, 2.05) is 47.9 Å². The number of benzene rings is 2. The monoisotopic (exact) mass is 314 g/mol. The van der Waals surface area contributed by atoms with Gasteiger partial charge in [0.15, 0.2) is 0 Å². The topological polar surface area (TPSA) is 37.5 Å². The number of imidazole rings is 1. The fourth-order valence-electron chi connectivity index (χ4n) is 3.09. The van der Waals surface area contributed by atoms with Crippen LogP contribution in [0.4, 0.5) is 0 Å². The van der Waals surface area contributed by atoms with Crippen molar-refractivity contribution in [3.8, 4) is 22.4 Å². The maximum Gasteiger partial charge on any atom is 0.140 e. The molecule has 4 rings (SSSR count). The lowest BCUT2D eigenvalue weighted by Gasteiger charge is -2.05. The van der Waals surface area contributed by atoms with Gasteiger partial charge in [-0.2, -0.15) is 0 Å². The van der Waals surface area contributed by atoms with Gasteiger partial charge in [-0.1, -0.05) is 60.7 Å². The Balaban J connectivity index is 1.82. The predicted molar refractivity (Wildman–Crippen MR) is 96.7 cm³/mol. The number of nitrogens with zero attached hydrogens (tertiary/aromatic N) is 2. The third kappa shape index (κ3) is 2.39. The summed E-state index contributed by atoms with van der Waals surface area (Å²) in [5.41, 5.74) is 7.03. The molecule has 0 bridgehead atoms. The first-order valence-corrected chi connectivity index (χ1v) is 8.01. The molecule has 0 spiro atoms. The van der Waals surface area contributed by atoms with Gasteiger partial charge in [-0.3, -0.25) is 0 Å². The van der Waals surface area contributed by atoms with Crippen LogP contribution >= 0.6 is 0 Å². The minimum atomic E-state index is -0.0413. The third-order valence-electron chi connectivity index (χ3n) is 4.36. The number of fused-ring (bicyclic) bond motifs is 1. The number of aromatic nitrogens is 2. The highest BCUT2D eigenvalue weighted by molar-refractivity contribution is 5.72. The zero-order valence-corrected chi connectivity index (χ0v) is 13.5. The molecule has 3 nitrogen and oxygen atoms in total. The molecular formula is C21H18N2O. The molecule has 4 aromatic rings. The number of hydrogen-bond donors (Lipinski definition) is 1. The van der Waals surface area contributed by atoms with E-state index >= 15 is 0 Å². The van der Waals surface area contributed by atoms with Crippen molar-refractivity contribution in [2.45, 2.75) is 13.5 Å². The minimum Gasteiger partial charge on any atom is -0.390 e. The summed E-state index contributed by atoms with van der Waals surface area (Å²) in [6, 6.07) is 22.6. The Kier molecular flexibility index (Phi) is 3.63. The predicted octanol–water partition coefficient (Wildman–Crippen LogP) is 4.47. The Hall–Kier alpha value is -2.91. The van der Waals surface area contributed by atoms with E-state index in [1.165, 1.54) is 11.1 Å². The SMILES string of the molecule is Cc1cccn2c(CO)c(-c3ccc(-c4ccccc4)cc3)nc12. The van der Waals surface area contributed by atoms with Crippen molar-refractivity contribution < 1.29 is 5.11 Å². The summed E-state index contributed by atoms with van der Waals surface area (Å²) >= 11 is 0. The van der Waals surface area contributed by atoms with Gasteiger partial charge in [0.25, 0.3) is 0 Å². The first kappa shape index (κ1) is 14.7. The summed E-state index contributed by atoms with van der Waals surface area (Å²) < 4.78 is 1.97. The molecule has 1 N–H and O–H groups in total. The van der Waals surface area contributed by atoms with Crippen molar-refractivity contribution in [2.24, 2.45) is 0 Å². The lowest BCUT2D eigenvalue weighted by molar-refractivity contribution is 0.276. The number of rotatable bonds is 3. The van der Waals surface area contributed by atoms with Gasteiger partial charge < -0.3 is 9.51 Å². The summed E-state index contributed by atoms with van der Waals surface area (Å²) in [6.07, 6.45) is 1.95. The number of aryl methyl sites for hydroxylation is 1. The molecule has 2 aromatic carbocycles. The van der Waals surface area contributed by atoms with Crippen LogP contribution < -0.4 is 0 Å². The van der Waals surface area contributed by atoms with E-state index in [1.54, 1.807) is 0 Å². The van der Waals surface area contributed by atoms with E-state index in [0.717, 1.165) is 28.2 Å². The molecule has 2 aromatic heterocycles. The zero-order valence-electron chi connectivity index (χ0n) is 13.5. The van der Waals surface area contributed by atoms with E-state index in [0.29, 0.717) is 0 Å². The molecule has 24 heavy (non-hydrogen) atoms. The highest BCUT2D eigenvalue weighted by Gasteiger charge is 2.14. The third-order valence-corrected chi connectivity index (χ3v) is 4.36. The van der Waals surface area contributed by atoms with Gasteiger partial charge in [0.05, 0.1) is 18.0 Å². The average molecular weight is 314 g/mol. The molecule has 0 aliphatic rings. The smallest absolute Gasteiger partial charge is 0.140 e. The Morgan fingerprint density at radius 2 is 1.50 bits per heavy atom. The standard InChI is InChI=1S/C21H18N2O/c1-15-6-5-13-23-19(14-24)20(22-21(15)23)18-11-9-17(10-12-18)16-7-3-2-4-8-16/h2-13,24H,14H2,1H3. The van der Waals surface area contributed by atoms with Gasteiger partial charge >= 0.3 is 0 Å². The second kappa shape index (κ2) is 5.95. The van der Waals surface area contributed by atoms with Crippen LogP contribution in [0.2, 0.25) is 0 Å². The molecule has 118 valence electrons. The van der Waals surface area contributed by atoms with Crippen molar-refractivity contribution in [2.75, 3.05) is 0 Å². The van der Waals surface area contributed by atoms with Gasteiger partial charge in [-0.05, 0) is 29.7 Å². The van der Waals surface area contributed by atoms with Crippen LogP contribution in [0.5, 0.6) is 0 Å². The maximum atomic E-state index is 9.83. The first-order chi connectivity index (χ1) is 11.8. The van der Waals surface area contributed by atoms with Crippen LogP contribution in [0, 0.1) is 6.92 Å². The van der Waals surface area contributed by atoms with Crippen molar-refractivity contribution in [1.82, 2.24) is 9.38 Å². The molecule has 2 heterocycles. The van der Waals surface area contributed by atoms with Crippen LogP contribution in [0.15, 0.2) is 72.9 Å². The van der Waals surface area contributed by atoms with Crippen molar-refractivity contribution >= 4 is 5.65 Å². The zero-order chi connectivity index (χ0) is 16.5. The lowest BCUT2D eigenvalue weighted by Crippen LogP contribution is -1.94. The van der Waals surface area contributed by atoms with E-state index in [4.69, 9.17) is 4.98 Å². The summed E-state index contributed by atoms with van der Waals surface area (Å²) in [4.78, 5) is 4.76. The van der Waals surface area contributed by atoms with E-state index in [-0.39, 0.29) is 6.61 Å². The second-order valence-corrected chi connectivity index (χ2v) is 5.89. The molecule has 0 saturated carbocycles. The van der Waals surface area contributed by atoms with E-state index < -0.39 is 0 Å². The molecule has 0 aliphatic heterocycles.